The molecule has 1 fully saturated rings. The molecule has 2 N–H and O–H groups in total. The highest BCUT2D eigenvalue weighted by Gasteiger charge is 2.29. The molecule has 2 aromatic carbocycles. The van der Waals surface area contributed by atoms with Gasteiger partial charge in [-0.05, 0) is 92.8 Å². The second-order valence-electron chi connectivity index (χ2n) is 10.7. The van der Waals surface area contributed by atoms with Crippen LogP contribution in [0.3, 0.4) is 0 Å². The van der Waals surface area contributed by atoms with Crippen molar-refractivity contribution in [3.8, 4) is 16.9 Å². The topological polar surface area (TPSA) is 85.4 Å². The molecule has 0 bridgehead atoms. The molecule has 0 spiro atoms. The number of nitrogens with one attached hydrogen (secondary N) is 2. The number of anilines is 1. The van der Waals surface area contributed by atoms with Crippen LogP contribution in [0, 0.1) is 12.8 Å². The van der Waals surface area contributed by atoms with Gasteiger partial charge in [-0.15, -0.1) is 11.3 Å². The lowest BCUT2D eigenvalue weighted by molar-refractivity contribution is -0.146. The van der Waals surface area contributed by atoms with Crippen molar-refractivity contribution in [2.75, 3.05) is 26.6 Å². The molecule has 1 aliphatic rings. The number of esters is 1. The van der Waals surface area contributed by atoms with Gasteiger partial charge < -0.3 is 20.1 Å². The fourth-order valence-corrected chi connectivity index (χ4v) is 7.13. The fourth-order valence-electron chi connectivity index (χ4n) is 5.92. The third-order valence-electron chi connectivity index (χ3n) is 8.02. The lowest BCUT2D eigenvalue weighted by Crippen LogP contribution is -2.22. The number of aryl methyl sites for hydroxylation is 1. The molecule has 0 saturated heterocycles. The first-order valence-electron chi connectivity index (χ1n) is 14.0. The van der Waals surface area contributed by atoms with Crippen molar-refractivity contribution in [1.82, 2.24) is 15.3 Å². The molecule has 0 amide bonds. The second kappa shape index (κ2) is 12.8. The van der Waals surface area contributed by atoms with Crippen LogP contribution in [0.15, 0.2) is 41.8 Å². The number of carbonyl (C=O) groups is 1. The smallest absolute Gasteiger partial charge is 0.308 e. The lowest BCUT2D eigenvalue weighted by atomic mass is 9.78. The van der Waals surface area contributed by atoms with Gasteiger partial charge in [0.1, 0.15) is 17.4 Å². The Hall–Kier alpha value is -3.20. The summed E-state index contributed by atoms with van der Waals surface area (Å²) in [6.07, 6.45) is 3.44. The van der Waals surface area contributed by atoms with Crippen molar-refractivity contribution < 1.29 is 14.3 Å². The molecule has 5 rings (SSSR count). The summed E-state index contributed by atoms with van der Waals surface area (Å²) in [5, 5.41) is 10.8. The zero-order valence-corrected chi connectivity index (χ0v) is 25.8. The van der Waals surface area contributed by atoms with E-state index in [1.807, 2.05) is 32.2 Å². The number of methoxy groups -OCH3 is 2. The highest BCUT2D eigenvalue weighted by molar-refractivity contribution is 7.10. The number of thiophene rings is 1. The normalized spacial score (nSPS) is 17.8. The van der Waals surface area contributed by atoms with Crippen LogP contribution in [-0.2, 0) is 16.1 Å². The van der Waals surface area contributed by atoms with Crippen molar-refractivity contribution in [2.24, 2.45) is 5.92 Å². The molecule has 2 heterocycles. The minimum atomic E-state index is -0.109. The van der Waals surface area contributed by atoms with Crippen molar-refractivity contribution in [2.45, 2.75) is 58.0 Å². The number of rotatable bonds is 9. The summed E-state index contributed by atoms with van der Waals surface area (Å²) in [6.45, 7) is 4.81. The van der Waals surface area contributed by atoms with E-state index in [1.54, 1.807) is 18.4 Å². The Bertz CT molecular complexity index is 1550. The third kappa shape index (κ3) is 6.20. The quantitative estimate of drug-likeness (QED) is 0.193. The van der Waals surface area contributed by atoms with Gasteiger partial charge in [0, 0.05) is 33.5 Å². The summed E-state index contributed by atoms with van der Waals surface area (Å²) in [6, 6.07) is 12.5. The maximum absolute atomic E-state index is 12.1. The van der Waals surface area contributed by atoms with Crippen LogP contribution in [-0.4, -0.2) is 37.2 Å². The highest BCUT2D eigenvalue weighted by atomic mass is 35.5. The summed E-state index contributed by atoms with van der Waals surface area (Å²) in [4.78, 5) is 22.8. The number of carbonyl (C=O) groups excluding carboxylic acids is 1. The molecule has 4 aromatic rings. The van der Waals surface area contributed by atoms with Crippen LogP contribution in [0.4, 0.5) is 5.82 Å². The van der Waals surface area contributed by atoms with Crippen LogP contribution < -0.4 is 15.4 Å². The molecule has 1 aliphatic carbocycles. The van der Waals surface area contributed by atoms with E-state index in [1.165, 1.54) is 17.6 Å². The Labute approximate surface area is 250 Å². The third-order valence-corrected chi connectivity index (χ3v) is 9.45. The second-order valence-corrected chi connectivity index (χ2v) is 12.1. The molecule has 2 aromatic heterocycles. The molecular formula is C32H37ClN4O3S. The van der Waals surface area contributed by atoms with Crippen LogP contribution in [0.2, 0.25) is 5.02 Å². The van der Waals surface area contributed by atoms with Gasteiger partial charge in [0.05, 0.1) is 31.7 Å². The summed E-state index contributed by atoms with van der Waals surface area (Å²) in [7, 11) is 5.11. The van der Waals surface area contributed by atoms with Gasteiger partial charge in [0.25, 0.3) is 0 Å². The first-order chi connectivity index (χ1) is 19.8. The standard InChI is InChI=1S/C32H37ClN4O3S/c1-18(29-13-23(17-41-29)30-22(16-34-3)7-6-8-26(30)33)35-31-25-14-24(20-9-11-21(12-10-20)32(38)40-5)28(39-4)15-27(25)36-19(2)37-31/h6-8,13-15,17-18,20-21,34H,9-12,16H2,1-5H3,(H,35,36,37)/t18-,20-,21-/m1/s1. The van der Waals surface area contributed by atoms with Crippen LogP contribution in [0.25, 0.3) is 22.0 Å². The van der Waals surface area contributed by atoms with E-state index in [2.05, 4.69) is 41.1 Å². The van der Waals surface area contributed by atoms with Gasteiger partial charge in [-0.2, -0.15) is 0 Å². The Balaban J connectivity index is 1.44. The summed E-state index contributed by atoms with van der Waals surface area (Å²) < 4.78 is 10.8. The number of ether oxygens (including phenoxy) is 2. The minimum absolute atomic E-state index is 0.0162. The monoisotopic (exact) mass is 592 g/mol. The maximum Gasteiger partial charge on any atom is 0.308 e. The molecule has 0 aliphatic heterocycles. The molecule has 0 unspecified atom stereocenters. The van der Waals surface area contributed by atoms with E-state index >= 15 is 0 Å². The zero-order chi connectivity index (χ0) is 29.1. The Morgan fingerprint density at radius 2 is 1.93 bits per heavy atom. The number of hydrogen-bond acceptors (Lipinski definition) is 8. The van der Waals surface area contributed by atoms with Crippen molar-refractivity contribution >= 4 is 45.6 Å². The average Bonchev–Trinajstić information content (AvgIpc) is 3.46. The number of aromatic nitrogens is 2. The van der Waals surface area contributed by atoms with Gasteiger partial charge in [0.2, 0.25) is 0 Å². The van der Waals surface area contributed by atoms with Crippen molar-refractivity contribution in [3.05, 3.63) is 68.6 Å². The first kappa shape index (κ1) is 29.3. The molecule has 1 saturated carbocycles. The predicted molar refractivity (Wildman–Crippen MR) is 167 cm³/mol. The largest absolute Gasteiger partial charge is 0.496 e. The molecule has 9 heteroatoms. The summed E-state index contributed by atoms with van der Waals surface area (Å²) >= 11 is 8.36. The van der Waals surface area contributed by atoms with Crippen LogP contribution in [0.1, 0.15) is 66.4 Å². The molecule has 0 radical (unpaired) electrons. The fraction of sp³-hybridized carbons (Fsp3) is 0.406. The van der Waals surface area contributed by atoms with E-state index in [9.17, 15) is 4.79 Å². The SMILES string of the molecule is CNCc1cccc(Cl)c1-c1csc([C@@H](C)Nc2nc(C)nc3cc(OC)c([C@H]4CC[C@H](C(=O)OC)CC4)cc23)c1. The number of hydrogen-bond donors (Lipinski definition) is 2. The van der Waals surface area contributed by atoms with E-state index in [0.717, 1.165) is 76.4 Å². The first-order valence-corrected chi connectivity index (χ1v) is 15.3. The van der Waals surface area contributed by atoms with E-state index in [4.69, 9.17) is 31.0 Å². The zero-order valence-electron chi connectivity index (χ0n) is 24.2. The van der Waals surface area contributed by atoms with Crippen molar-refractivity contribution in [3.63, 3.8) is 0 Å². The van der Waals surface area contributed by atoms with Gasteiger partial charge in [-0.25, -0.2) is 9.97 Å². The summed E-state index contributed by atoms with van der Waals surface area (Å²) in [5.74, 6) is 2.49. The number of nitrogens with zero attached hydrogens (tertiary/aromatic N) is 2. The molecule has 1 atom stereocenters. The van der Waals surface area contributed by atoms with Gasteiger partial charge >= 0.3 is 5.97 Å². The Morgan fingerprint density at radius 3 is 2.63 bits per heavy atom. The predicted octanol–water partition coefficient (Wildman–Crippen LogP) is 7.67. The Morgan fingerprint density at radius 1 is 1.15 bits per heavy atom. The van der Waals surface area contributed by atoms with Crippen LogP contribution in [0.5, 0.6) is 5.75 Å². The molecular weight excluding hydrogens is 556 g/mol. The van der Waals surface area contributed by atoms with E-state index in [-0.39, 0.29) is 17.9 Å². The van der Waals surface area contributed by atoms with Crippen molar-refractivity contribution in [1.29, 1.82) is 0 Å². The number of halogens is 1. The number of benzene rings is 2. The number of fused-ring (bicyclic) bond motifs is 1. The molecule has 216 valence electrons. The molecule has 7 nitrogen and oxygen atoms in total. The molecule has 41 heavy (non-hydrogen) atoms. The van der Waals surface area contributed by atoms with Gasteiger partial charge in [-0.3, -0.25) is 4.79 Å². The summed E-state index contributed by atoms with van der Waals surface area (Å²) in [5.41, 5.74) is 5.34. The van der Waals surface area contributed by atoms with E-state index < -0.39 is 0 Å². The average molecular weight is 593 g/mol. The van der Waals surface area contributed by atoms with Gasteiger partial charge in [-0.1, -0.05) is 23.7 Å². The van der Waals surface area contributed by atoms with E-state index in [0.29, 0.717) is 11.7 Å². The van der Waals surface area contributed by atoms with Gasteiger partial charge in [0.15, 0.2) is 0 Å². The lowest BCUT2D eigenvalue weighted by Gasteiger charge is -2.28. The minimum Gasteiger partial charge on any atom is -0.496 e. The highest BCUT2D eigenvalue weighted by Crippen LogP contribution is 2.43. The van der Waals surface area contributed by atoms with Crippen LogP contribution >= 0.6 is 22.9 Å². The Kier molecular flexibility index (Phi) is 9.12. The maximum atomic E-state index is 12.1.